The van der Waals surface area contributed by atoms with Crippen LogP contribution in [0.25, 0.3) is 11.3 Å². The molecule has 4 N–H and O–H groups in total. The number of nitrogens with one attached hydrogen (secondary N) is 1. The number of aromatic hydroxyl groups is 1. The Morgan fingerprint density at radius 2 is 1.88 bits per heavy atom. The lowest BCUT2D eigenvalue weighted by Crippen LogP contribution is -2.00. The summed E-state index contributed by atoms with van der Waals surface area (Å²) in [6, 6.07) is 13.2. The van der Waals surface area contributed by atoms with E-state index in [9.17, 15) is 5.11 Å². The fourth-order valence-corrected chi connectivity index (χ4v) is 2.56. The van der Waals surface area contributed by atoms with Crippen LogP contribution < -0.4 is 11.1 Å². The monoisotopic (exact) mass is 340 g/mol. The van der Waals surface area contributed by atoms with E-state index in [2.05, 4.69) is 15.3 Å². The molecular formula is C18H17ClN4O. The van der Waals surface area contributed by atoms with Crippen LogP contribution in [-0.2, 0) is 6.54 Å². The van der Waals surface area contributed by atoms with E-state index in [0.717, 1.165) is 16.7 Å². The average Bonchev–Trinajstić information content (AvgIpc) is 2.59. The minimum Gasteiger partial charge on any atom is -0.503 e. The summed E-state index contributed by atoms with van der Waals surface area (Å²) >= 11 is 6.24. The molecule has 0 radical (unpaired) electrons. The van der Waals surface area contributed by atoms with Crippen molar-refractivity contribution in [2.75, 3.05) is 5.32 Å². The third-order valence-electron chi connectivity index (χ3n) is 3.67. The highest BCUT2D eigenvalue weighted by Crippen LogP contribution is 2.35. The highest BCUT2D eigenvalue weighted by molar-refractivity contribution is 6.33. The first kappa shape index (κ1) is 16.2. The molecule has 0 spiro atoms. The SMILES string of the molecule is Cc1ccc(-c2ncnc(Nc3ccc(CN)cc3Cl)c2O)cc1. The number of nitrogens with zero attached hydrogens (tertiary/aromatic N) is 2. The zero-order valence-electron chi connectivity index (χ0n) is 13.1. The van der Waals surface area contributed by atoms with Crippen LogP contribution in [0, 0.1) is 6.92 Å². The molecule has 0 saturated heterocycles. The second kappa shape index (κ2) is 6.86. The van der Waals surface area contributed by atoms with Gasteiger partial charge in [-0.25, -0.2) is 9.97 Å². The van der Waals surface area contributed by atoms with Crippen molar-refractivity contribution in [3.05, 3.63) is 64.9 Å². The lowest BCUT2D eigenvalue weighted by atomic mass is 10.1. The van der Waals surface area contributed by atoms with Crippen molar-refractivity contribution in [3.8, 4) is 17.0 Å². The summed E-state index contributed by atoms with van der Waals surface area (Å²) in [7, 11) is 0. The van der Waals surface area contributed by atoms with Crippen molar-refractivity contribution in [2.24, 2.45) is 5.73 Å². The van der Waals surface area contributed by atoms with Crippen LogP contribution in [0.5, 0.6) is 5.75 Å². The molecule has 0 unspecified atom stereocenters. The van der Waals surface area contributed by atoms with Crippen LogP contribution in [0.4, 0.5) is 11.5 Å². The highest BCUT2D eigenvalue weighted by atomic mass is 35.5. The fraction of sp³-hybridized carbons (Fsp3) is 0.111. The molecule has 0 saturated carbocycles. The third kappa shape index (κ3) is 3.32. The number of hydrogen-bond acceptors (Lipinski definition) is 5. The largest absolute Gasteiger partial charge is 0.503 e. The second-order valence-corrected chi connectivity index (χ2v) is 5.84. The molecule has 2 aromatic carbocycles. The molecule has 122 valence electrons. The predicted molar refractivity (Wildman–Crippen MR) is 96.5 cm³/mol. The molecule has 0 amide bonds. The number of aromatic nitrogens is 2. The molecule has 0 aliphatic rings. The summed E-state index contributed by atoms with van der Waals surface area (Å²) in [5.41, 5.74) is 9.58. The van der Waals surface area contributed by atoms with Gasteiger partial charge in [0, 0.05) is 12.1 Å². The van der Waals surface area contributed by atoms with Crippen LogP contribution in [0.2, 0.25) is 5.02 Å². The van der Waals surface area contributed by atoms with Crippen molar-refractivity contribution in [1.82, 2.24) is 9.97 Å². The van der Waals surface area contributed by atoms with E-state index in [0.29, 0.717) is 28.8 Å². The van der Waals surface area contributed by atoms with Gasteiger partial charge in [-0.05, 0) is 24.6 Å². The second-order valence-electron chi connectivity index (χ2n) is 5.43. The molecule has 0 aliphatic heterocycles. The van der Waals surface area contributed by atoms with E-state index in [1.165, 1.54) is 6.33 Å². The molecule has 1 heterocycles. The maximum absolute atomic E-state index is 10.5. The predicted octanol–water partition coefficient (Wildman–Crippen LogP) is 4.01. The Hall–Kier alpha value is -2.63. The summed E-state index contributed by atoms with van der Waals surface area (Å²) in [4.78, 5) is 8.29. The smallest absolute Gasteiger partial charge is 0.185 e. The Balaban J connectivity index is 1.95. The Bertz CT molecular complexity index is 865. The molecule has 0 fully saturated rings. The lowest BCUT2D eigenvalue weighted by molar-refractivity contribution is 0.475. The van der Waals surface area contributed by atoms with Gasteiger partial charge in [0.05, 0.1) is 10.7 Å². The maximum atomic E-state index is 10.5. The van der Waals surface area contributed by atoms with Gasteiger partial charge in [-0.15, -0.1) is 0 Å². The maximum Gasteiger partial charge on any atom is 0.185 e. The van der Waals surface area contributed by atoms with Gasteiger partial charge in [0.1, 0.15) is 12.0 Å². The van der Waals surface area contributed by atoms with E-state index in [1.54, 1.807) is 12.1 Å². The number of anilines is 2. The van der Waals surface area contributed by atoms with Gasteiger partial charge >= 0.3 is 0 Å². The first-order chi connectivity index (χ1) is 11.6. The number of benzene rings is 2. The van der Waals surface area contributed by atoms with Crippen molar-refractivity contribution >= 4 is 23.1 Å². The first-order valence-electron chi connectivity index (χ1n) is 7.45. The molecule has 0 aliphatic carbocycles. The number of aryl methyl sites for hydroxylation is 1. The summed E-state index contributed by atoms with van der Waals surface area (Å²) in [6.45, 7) is 2.42. The van der Waals surface area contributed by atoms with Gasteiger partial charge in [-0.3, -0.25) is 0 Å². The van der Waals surface area contributed by atoms with Crippen LogP contribution >= 0.6 is 11.6 Å². The number of rotatable bonds is 4. The van der Waals surface area contributed by atoms with E-state index in [-0.39, 0.29) is 5.75 Å². The summed E-state index contributed by atoms with van der Waals surface area (Å²) in [6.07, 6.45) is 1.40. The van der Waals surface area contributed by atoms with Gasteiger partial charge in [0.15, 0.2) is 11.6 Å². The normalized spacial score (nSPS) is 10.6. The quantitative estimate of drug-likeness (QED) is 0.668. The number of hydrogen-bond donors (Lipinski definition) is 3. The van der Waals surface area contributed by atoms with Crippen molar-refractivity contribution in [2.45, 2.75) is 13.5 Å². The summed E-state index contributed by atoms with van der Waals surface area (Å²) in [5, 5.41) is 14.1. The van der Waals surface area contributed by atoms with Crippen LogP contribution in [-0.4, -0.2) is 15.1 Å². The zero-order valence-corrected chi connectivity index (χ0v) is 13.9. The third-order valence-corrected chi connectivity index (χ3v) is 3.98. The number of nitrogens with two attached hydrogens (primary N) is 1. The molecule has 3 rings (SSSR count). The van der Waals surface area contributed by atoms with E-state index >= 15 is 0 Å². The average molecular weight is 341 g/mol. The molecular weight excluding hydrogens is 324 g/mol. The van der Waals surface area contributed by atoms with E-state index < -0.39 is 0 Å². The Morgan fingerprint density at radius 3 is 2.54 bits per heavy atom. The van der Waals surface area contributed by atoms with Gasteiger partial charge < -0.3 is 16.2 Å². The summed E-state index contributed by atoms with van der Waals surface area (Å²) in [5.74, 6) is 0.267. The lowest BCUT2D eigenvalue weighted by Gasteiger charge is -2.12. The Labute approximate surface area is 145 Å². The van der Waals surface area contributed by atoms with Gasteiger partial charge in [0.2, 0.25) is 0 Å². The van der Waals surface area contributed by atoms with Gasteiger partial charge in [-0.1, -0.05) is 47.5 Å². The number of halogens is 1. The van der Waals surface area contributed by atoms with Crippen molar-refractivity contribution in [1.29, 1.82) is 0 Å². The van der Waals surface area contributed by atoms with Crippen LogP contribution in [0.1, 0.15) is 11.1 Å². The highest BCUT2D eigenvalue weighted by Gasteiger charge is 2.13. The molecule has 0 bridgehead atoms. The Kier molecular flexibility index (Phi) is 4.64. The topological polar surface area (TPSA) is 84.1 Å². The minimum atomic E-state index is -0.0275. The van der Waals surface area contributed by atoms with E-state index in [1.807, 2.05) is 37.3 Å². The minimum absolute atomic E-state index is 0.0275. The van der Waals surface area contributed by atoms with Crippen LogP contribution in [0.15, 0.2) is 48.8 Å². The molecule has 3 aromatic rings. The zero-order chi connectivity index (χ0) is 17.1. The first-order valence-corrected chi connectivity index (χ1v) is 7.83. The fourth-order valence-electron chi connectivity index (χ4n) is 2.31. The van der Waals surface area contributed by atoms with Crippen LogP contribution in [0.3, 0.4) is 0 Å². The molecule has 1 aromatic heterocycles. The van der Waals surface area contributed by atoms with Gasteiger partial charge in [-0.2, -0.15) is 0 Å². The molecule has 0 atom stereocenters. The standard InChI is InChI=1S/C18H17ClN4O/c1-11-2-5-13(6-3-11)16-17(24)18(22-10-21-16)23-15-7-4-12(9-20)8-14(15)19/h2-8,10,24H,9,20H2,1H3,(H,21,22,23). The molecule has 5 nitrogen and oxygen atoms in total. The molecule has 24 heavy (non-hydrogen) atoms. The van der Waals surface area contributed by atoms with Crippen molar-refractivity contribution in [3.63, 3.8) is 0 Å². The Morgan fingerprint density at radius 1 is 1.12 bits per heavy atom. The van der Waals surface area contributed by atoms with Gasteiger partial charge in [0.25, 0.3) is 0 Å². The van der Waals surface area contributed by atoms with Crippen molar-refractivity contribution < 1.29 is 5.11 Å². The summed E-state index contributed by atoms with van der Waals surface area (Å²) < 4.78 is 0. The molecule has 6 heteroatoms. The van der Waals surface area contributed by atoms with E-state index in [4.69, 9.17) is 17.3 Å².